The smallest absolute Gasteiger partial charge is 0.207 e. The summed E-state index contributed by atoms with van der Waals surface area (Å²) in [6.45, 7) is 0. The fraction of sp³-hybridized carbons (Fsp3) is 0.0667. The van der Waals surface area contributed by atoms with Gasteiger partial charge in [0, 0.05) is 0 Å². The van der Waals surface area contributed by atoms with Crippen LogP contribution in [0.25, 0.3) is 12.2 Å². The normalized spacial score (nSPS) is 12.0. The second-order valence-corrected chi connectivity index (χ2v) is 4.00. The van der Waals surface area contributed by atoms with E-state index in [1.807, 2.05) is 0 Å². The van der Waals surface area contributed by atoms with E-state index in [-0.39, 0.29) is 5.82 Å². The molecule has 0 amide bonds. The lowest BCUT2D eigenvalue weighted by Gasteiger charge is -2.05. The average molecular weight is 266 g/mol. The maximum atomic E-state index is 12.7. The Labute approximate surface area is 108 Å². The van der Waals surface area contributed by atoms with Crippen LogP contribution in [0.4, 0.5) is 17.6 Å². The molecule has 4 heteroatoms. The Kier molecular flexibility index (Phi) is 3.69. The maximum Gasteiger partial charge on any atom is 0.416 e. The van der Waals surface area contributed by atoms with Crippen molar-refractivity contribution in [2.45, 2.75) is 6.18 Å². The van der Waals surface area contributed by atoms with Crippen molar-refractivity contribution in [2.75, 3.05) is 0 Å². The molecule has 0 bridgehead atoms. The Bertz CT molecular complexity index is 563. The van der Waals surface area contributed by atoms with Crippen LogP contribution in [-0.2, 0) is 6.18 Å². The Morgan fingerprint density at radius 2 is 1.11 bits per heavy atom. The lowest BCUT2D eigenvalue weighted by molar-refractivity contribution is -0.137. The largest absolute Gasteiger partial charge is 0.416 e. The summed E-state index contributed by atoms with van der Waals surface area (Å²) in [5.41, 5.74) is 0.755. The van der Waals surface area contributed by atoms with Crippen molar-refractivity contribution in [3.05, 3.63) is 71.0 Å². The summed E-state index contributed by atoms with van der Waals surface area (Å²) in [7, 11) is 0. The van der Waals surface area contributed by atoms with Crippen molar-refractivity contribution in [3.8, 4) is 0 Å². The molecule has 0 aromatic heterocycles. The van der Waals surface area contributed by atoms with Crippen molar-refractivity contribution < 1.29 is 17.6 Å². The minimum absolute atomic E-state index is 0.327. The van der Waals surface area contributed by atoms with Gasteiger partial charge in [0.1, 0.15) is 5.82 Å². The van der Waals surface area contributed by atoms with Crippen molar-refractivity contribution in [2.24, 2.45) is 0 Å². The van der Waals surface area contributed by atoms with Gasteiger partial charge in [0.25, 0.3) is 0 Å². The predicted molar refractivity (Wildman–Crippen MR) is 66.8 cm³/mol. The van der Waals surface area contributed by atoms with Crippen LogP contribution >= 0.6 is 0 Å². The molecule has 0 nitrogen and oxygen atoms in total. The van der Waals surface area contributed by atoms with Crippen LogP contribution < -0.4 is 0 Å². The Hall–Kier alpha value is -2.10. The lowest BCUT2D eigenvalue weighted by atomic mass is 10.1. The fourth-order valence-electron chi connectivity index (χ4n) is 1.55. The third-order valence-electron chi connectivity index (χ3n) is 2.58. The van der Waals surface area contributed by atoms with E-state index in [0.717, 1.165) is 17.7 Å². The molecule has 0 unspecified atom stereocenters. The Morgan fingerprint density at radius 1 is 0.684 bits per heavy atom. The zero-order valence-electron chi connectivity index (χ0n) is 9.79. The molecule has 0 atom stereocenters. The molecule has 0 saturated heterocycles. The maximum absolute atomic E-state index is 12.7. The molecule has 2 aromatic rings. The molecule has 0 fully saturated rings. The fourth-order valence-corrected chi connectivity index (χ4v) is 1.55. The monoisotopic (exact) mass is 266 g/mol. The van der Waals surface area contributed by atoms with Gasteiger partial charge in [-0.1, -0.05) is 36.4 Å². The van der Waals surface area contributed by atoms with E-state index >= 15 is 0 Å². The summed E-state index contributed by atoms with van der Waals surface area (Å²) in [5, 5.41) is 0. The first-order valence-electron chi connectivity index (χ1n) is 5.56. The highest BCUT2D eigenvalue weighted by molar-refractivity contribution is 5.69. The van der Waals surface area contributed by atoms with Gasteiger partial charge >= 0.3 is 6.18 Å². The summed E-state index contributed by atoms with van der Waals surface area (Å²) in [6, 6.07) is 10.7. The van der Waals surface area contributed by atoms with Crippen molar-refractivity contribution in [3.63, 3.8) is 0 Å². The molecule has 0 saturated carbocycles. The zero-order chi connectivity index (χ0) is 13.9. The van der Waals surface area contributed by atoms with Gasteiger partial charge in [-0.2, -0.15) is 13.2 Å². The van der Waals surface area contributed by atoms with E-state index in [1.165, 1.54) is 24.3 Å². The first kappa shape index (κ1) is 13.3. The number of benzene rings is 2. The van der Waals surface area contributed by atoms with E-state index < -0.39 is 11.7 Å². The minimum Gasteiger partial charge on any atom is -0.207 e. The highest BCUT2D eigenvalue weighted by Crippen LogP contribution is 2.29. The lowest BCUT2D eigenvalue weighted by Crippen LogP contribution is -2.03. The van der Waals surface area contributed by atoms with Crippen molar-refractivity contribution >= 4 is 12.2 Å². The van der Waals surface area contributed by atoms with Crippen LogP contribution in [0, 0.1) is 5.82 Å². The average Bonchev–Trinajstić information content (AvgIpc) is 2.37. The van der Waals surface area contributed by atoms with Crippen LogP contribution in [-0.4, -0.2) is 0 Å². The third kappa shape index (κ3) is 3.68. The van der Waals surface area contributed by atoms with Gasteiger partial charge in [0.05, 0.1) is 5.56 Å². The van der Waals surface area contributed by atoms with Crippen LogP contribution in [0.3, 0.4) is 0 Å². The number of hydrogen-bond acceptors (Lipinski definition) is 0. The molecule has 98 valence electrons. The van der Waals surface area contributed by atoms with Gasteiger partial charge in [0.15, 0.2) is 0 Å². The zero-order valence-corrected chi connectivity index (χ0v) is 9.79. The molecule has 0 spiro atoms. The van der Waals surface area contributed by atoms with Gasteiger partial charge in [-0.3, -0.25) is 0 Å². The van der Waals surface area contributed by atoms with Gasteiger partial charge in [-0.15, -0.1) is 0 Å². The predicted octanol–water partition coefficient (Wildman–Crippen LogP) is 5.01. The van der Waals surface area contributed by atoms with E-state index in [4.69, 9.17) is 0 Å². The van der Waals surface area contributed by atoms with Gasteiger partial charge < -0.3 is 0 Å². The number of alkyl halides is 3. The van der Waals surface area contributed by atoms with Crippen molar-refractivity contribution in [1.29, 1.82) is 0 Å². The topological polar surface area (TPSA) is 0 Å². The van der Waals surface area contributed by atoms with E-state index in [2.05, 4.69) is 0 Å². The quantitative estimate of drug-likeness (QED) is 0.529. The molecule has 2 aromatic carbocycles. The Morgan fingerprint density at radius 3 is 1.53 bits per heavy atom. The second kappa shape index (κ2) is 5.26. The molecule has 2 rings (SSSR count). The molecule has 0 aliphatic rings. The molecular weight excluding hydrogens is 256 g/mol. The molecule has 0 radical (unpaired) electrons. The first-order valence-corrected chi connectivity index (χ1v) is 5.56. The summed E-state index contributed by atoms with van der Waals surface area (Å²) < 4.78 is 49.7. The summed E-state index contributed by atoms with van der Waals surface area (Å²) >= 11 is 0. The number of halogens is 4. The second-order valence-electron chi connectivity index (χ2n) is 4.00. The minimum atomic E-state index is -4.32. The highest BCUT2D eigenvalue weighted by atomic mass is 19.4. The van der Waals surface area contributed by atoms with E-state index in [1.54, 1.807) is 24.3 Å². The van der Waals surface area contributed by atoms with E-state index in [9.17, 15) is 17.6 Å². The third-order valence-corrected chi connectivity index (χ3v) is 2.58. The molecule has 0 N–H and O–H groups in total. The number of hydrogen-bond donors (Lipinski definition) is 0. The van der Waals surface area contributed by atoms with Gasteiger partial charge in [-0.25, -0.2) is 4.39 Å². The molecule has 0 heterocycles. The molecule has 0 aliphatic heterocycles. The van der Waals surface area contributed by atoms with Crippen LogP contribution in [0.15, 0.2) is 48.5 Å². The number of rotatable bonds is 2. The van der Waals surface area contributed by atoms with Gasteiger partial charge in [0.2, 0.25) is 0 Å². The van der Waals surface area contributed by atoms with Crippen molar-refractivity contribution in [1.82, 2.24) is 0 Å². The molecule has 19 heavy (non-hydrogen) atoms. The Balaban J connectivity index is 2.13. The van der Waals surface area contributed by atoms with Crippen LogP contribution in [0.5, 0.6) is 0 Å². The summed E-state index contributed by atoms with van der Waals surface area (Å²) in [6.07, 6.45) is -0.936. The van der Waals surface area contributed by atoms with Crippen LogP contribution in [0.1, 0.15) is 16.7 Å². The van der Waals surface area contributed by atoms with Crippen LogP contribution in [0.2, 0.25) is 0 Å². The summed E-state index contributed by atoms with van der Waals surface area (Å²) in [5.74, 6) is -0.327. The summed E-state index contributed by atoms with van der Waals surface area (Å²) in [4.78, 5) is 0. The highest BCUT2D eigenvalue weighted by Gasteiger charge is 2.29. The first-order chi connectivity index (χ1) is 8.95. The van der Waals surface area contributed by atoms with E-state index in [0.29, 0.717) is 5.56 Å². The standard InChI is InChI=1S/C15H10F4/c16-14-9-5-12(6-10-14)2-1-11-3-7-13(8-4-11)15(17,18)19/h1-10H/b2-1-. The van der Waals surface area contributed by atoms with Gasteiger partial charge in [-0.05, 0) is 35.4 Å². The SMILES string of the molecule is Fc1ccc(/C=C\c2ccc(C(F)(F)F)cc2)cc1. The molecule has 0 aliphatic carbocycles. The molecular formula is C15H10F4.